The zero-order chi connectivity index (χ0) is 4.28. The first-order chi connectivity index (χ1) is 2.27. The molecule has 0 radical (unpaired) electrons. The Labute approximate surface area is 79.6 Å². The molecule has 4 heteroatoms. The fraction of sp³-hybridized carbons (Fsp3) is 0.500. The molecule has 0 rings (SSSR count). The van der Waals surface area contributed by atoms with E-state index in [-0.39, 0.29) is 52.8 Å². The van der Waals surface area contributed by atoms with E-state index in [4.69, 9.17) is 9.90 Å². The van der Waals surface area contributed by atoms with E-state index in [1.165, 1.54) is 0 Å². The molecule has 0 heterocycles. The Morgan fingerprint density at radius 1 is 2.00 bits per heavy atom. The van der Waals surface area contributed by atoms with Gasteiger partial charge in [0.05, 0.1) is 7.11 Å². The molecule has 0 aromatic rings. The van der Waals surface area contributed by atoms with Crippen molar-refractivity contribution in [3.8, 4) is 0 Å². The van der Waals surface area contributed by atoms with Gasteiger partial charge in [-0.2, -0.15) is 0 Å². The summed E-state index contributed by atoms with van der Waals surface area (Å²) >= 11 is 0. The van der Waals surface area contributed by atoms with Crippen LogP contribution >= 0.6 is 0 Å². The van der Waals surface area contributed by atoms with Crippen molar-refractivity contribution in [1.82, 2.24) is 0 Å². The number of rotatable bonds is 0. The summed E-state index contributed by atoms with van der Waals surface area (Å²) in [4.78, 5) is 9.15. The van der Waals surface area contributed by atoms with E-state index in [1.807, 2.05) is 0 Å². The SMILES string of the molecule is COC(=O)O.[H-].[K+]. The smallest absolute Gasteiger partial charge is 1.00 e. The number of hydrogen-bond acceptors (Lipinski definition) is 2. The van der Waals surface area contributed by atoms with Crippen LogP contribution in [0.4, 0.5) is 4.79 Å². The van der Waals surface area contributed by atoms with Crippen LogP contribution in [-0.2, 0) is 4.74 Å². The first-order valence-corrected chi connectivity index (χ1v) is 1.04. The van der Waals surface area contributed by atoms with Crippen molar-refractivity contribution in [1.29, 1.82) is 0 Å². The van der Waals surface area contributed by atoms with E-state index in [2.05, 4.69) is 4.74 Å². The van der Waals surface area contributed by atoms with Gasteiger partial charge in [0, 0.05) is 0 Å². The third-order valence-corrected chi connectivity index (χ3v) is 0.175. The number of carbonyl (C=O) groups is 1. The molecule has 0 bridgehead atoms. The average Bonchev–Trinajstić information content (AvgIpc) is 1.38. The maximum absolute atomic E-state index is 9.15. The summed E-state index contributed by atoms with van der Waals surface area (Å²) < 4.78 is 3.67. The fourth-order valence-corrected chi connectivity index (χ4v) is 0. The monoisotopic (exact) mass is 116 g/mol. The fourth-order valence-electron chi connectivity index (χ4n) is 0. The van der Waals surface area contributed by atoms with Crippen molar-refractivity contribution in [2.75, 3.05) is 7.11 Å². The van der Waals surface area contributed by atoms with E-state index in [1.54, 1.807) is 0 Å². The molecule has 32 valence electrons. The second kappa shape index (κ2) is 5.91. The maximum atomic E-state index is 9.15. The molecule has 0 spiro atoms. The molecule has 3 nitrogen and oxygen atoms in total. The van der Waals surface area contributed by atoms with Gasteiger partial charge in [-0.1, -0.05) is 0 Å². The van der Waals surface area contributed by atoms with Gasteiger partial charge in [-0.15, -0.1) is 0 Å². The molecule has 0 aliphatic heterocycles. The average molecular weight is 116 g/mol. The summed E-state index contributed by atoms with van der Waals surface area (Å²) in [6.07, 6.45) is -1.25. The van der Waals surface area contributed by atoms with Gasteiger partial charge in [-0.25, -0.2) is 4.79 Å². The molecular weight excluding hydrogens is 111 g/mol. The number of methoxy groups -OCH3 is 1. The van der Waals surface area contributed by atoms with Crippen LogP contribution in [0.15, 0.2) is 0 Å². The predicted octanol–water partition coefficient (Wildman–Crippen LogP) is -2.57. The van der Waals surface area contributed by atoms with E-state index in [9.17, 15) is 0 Å². The van der Waals surface area contributed by atoms with Crippen LogP contribution in [0.1, 0.15) is 1.43 Å². The first kappa shape index (κ1) is 10.0. The summed E-state index contributed by atoms with van der Waals surface area (Å²) in [5.41, 5.74) is 0. The second-order valence-electron chi connectivity index (χ2n) is 0.470. The van der Waals surface area contributed by atoms with Crippen LogP contribution in [0.2, 0.25) is 0 Å². The van der Waals surface area contributed by atoms with Crippen molar-refractivity contribution < 1.29 is 67.4 Å². The van der Waals surface area contributed by atoms with Crippen molar-refractivity contribution in [2.24, 2.45) is 0 Å². The molecule has 0 fully saturated rings. The van der Waals surface area contributed by atoms with Crippen LogP contribution in [-0.4, -0.2) is 18.4 Å². The second-order valence-corrected chi connectivity index (χ2v) is 0.470. The van der Waals surface area contributed by atoms with Crippen molar-refractivity contribution >= 4 is 6.16 Å². The predicted molar refractivity (Wildman–Crippen MR) is 16.1 cm³/mol. The maximum Gasteiger partial charge on any atom is 1.00 e. The Bertz CT molecular complexity index is 48.2. The molecule has 0 amide bonds. The molecular formula is C2H5KO3. The first-order valence-electron chi connectivity index (χ1n) is 1.04. The molecule has 6 heavy (non-hydrogen) atoms. The van der Waals surface area contributed by atoms with E-state index < -0.39 is 6.16 Å². The van der Waals surface area contributed by atoms with E-state index in [0.29, 0.717) is 0 Å². The number of carboxylic acid groups (broad SMARTS) is 1. The minimum Gasteiger partial charge on any atom is -1.00 e. The van der Waals surface area contributed by atoms with Gasteiger partial charge in [0.15, 0.2) is 0 Å². The molecule has 0 aromatic heterocycles. The topological polar surface area (TPSA) is 46.5 Å². The van der Waals surface area contributed by atoms with Crippen molar-refractivity contribution in [2.45, 2.75) is 0 Å². The Morgan fingerprint density at radius 2 is 2.17 bits per heavy atom. The Hall–Kier alpha value is 0.906. The normalized spacial score (nSPS) is 5.50. The molecule has 0 aromatic carbocycles. The van der Waals surface area contributed by atoms with Crippen LogP contribution in [0.25, 0.3) is 0 Å². The molecule has 0 atom stereocenters. The van der Waals surface area contributed by atoms with Gasteiger partial charge in [0.2, 0.25) is 0 Å². The molecule has 0 saturated carbocycles. The van der Waals surface area contributed by atoms with Gasteiger partial charge in [-0.05, 0) is 0 Å². The summed E-state index contributed by atoms with van der Waals surface area (Å²) in [5, 5.41) is 7.50. The third-order valence-electron chi connectivity index (χ3n) is 0.175. The molecule has 0 aliphatic rings. The Balaban J connectivity index is -0.0000000800. The van der Waals surface area contributed by atoms with Crippen LogP contribution in [0.5, 0.6) is 0 Å². The summed E-state index contributed by atoms with van der Waals surface area (Å²) in [6.45, 7) is 0. The standard InChI is InChI=1S/C2H4O3.K.H/c1-5-2(3)4;;/h1H3,(H,3,4);;/q;+1;-1. The van der Waals surface area contributed by atoms with Gasteiger partial charge < -0.3 is 11.3 Å². The third kappa shape index (κ3) is 8.86. The van der Waals surface area contributed by atoms with Gasteiger partial charge in [0.1, 0.15) is 0 Å². The van der Waals surface area contributed by atoms with Gasteiger partial charge in [-0.3, -0.25) is 0 Å². The summed E-state index contributed by atoms with van der Waals surface area (Å²) in [7, 11) is 1.10. The summed E-state index contributed by atoms with van der Waals surface area (Å²) in [5.74, 6) is 0. The Kier molecular flexibility index (Phi) is 9.85. The van der Waals surface area contributed by atoms with E-state index in [0.717, 1.165) is 7.11 Å². The van der Waals surface area contributed by atoms with Crippen LogP contribution < -0.4 is 51.4 Å². The number of ether oxygens (including phenoxy) is 1. The van der Waals surface area contributed by atoms with Crippen molar-refractivity contribution in [3.05, 3.63) is 0 Å². The minimum absolute atomic E-state index is 0. The molecule has 0 aliphatic carbocycles. The van der Waals surface area contributed by atoms with E-state index >= 15 is 0 Å². The zero-order valence-electron chi connectivity index (χ0n) is 4.76. The largest absolute Gasteiger partial charge is 1.00 e. The van der Waals surface area contributed by atoms with Crippen LogP contribution in [0.3, 0.4) is 0 Å². The van der Waals surface area contributed by atoms with Crippen molar-refractivity contribution in [3.63, 3.8) is 0 Å². The summed E-state index contributed by atoms with van der Waals surface area (Å²) in [6, 6.07) is 0. The quantitative estimate of drug-likeness (QED) is 0.279. The Morgan fingerprint density at radius 3 is 2.17 bits per heavy atom. The molecule has 0 saturated heterocycles. The van der Waals surface area contributed by atoms with Crippen LogP contribution in [0, 0.1) is 0 Å². The van der Waals surface area contributed by atoms with Gasteiger partial charge in [0.25, 0.3) is 0 Å². The zero-order valence-corrected chi connectivity index (χ0v) is 6.89. The minimum atomic E-state index is -1.25. The molecule has 0 unspecified atom stereocenters. The molecule has 1 N–H and O–H groups in total. The van der Waals surface area contributed by atoms with Gasteiger partial charge >= 0.3 is 57.5 Å². The number of hydrogen-bond donors (Lipinski definition) is 1.